The lowest BCUT2D eigenvalue weighted by molar-refractivity contribution is 0.0577. The summed E-state index contributed by atoms with van der Waals surface area (Å²) in [6, 6.07) is 18.4. The second-order valence-corrected chi connectivity index (χ2v) is 7.77. The van der Waals surface area contributed by atoms with Crippen LogP contribution in [0.25, 0.3) is 16.8 Å². The molecule has 1 saturated heterocycles. The first-order valence-corrected chi connectivity index (χ1v) is 10.2. The first kappa shape index (κ1) is 19.3. The second kappa shape index (κ2) is 8.17. The molecule has 2 N–H and O–H groups in total. The van der Waals surface area contributed by atoms with Crippen LogP contribution >= 0.6 is 0 Å². The average molecular weight is 390 g/mol. The van der Waals surface area contributed by atoms with Gasteiger partial charge in [0.2, 0.25) is 0 Å². The summed E-state index contributed by atoms with van der Waals surface area (Å²) < 4.78 is 1.73. The molecule has 0 bridgehead atoms. The highest BCUT2D eigenvalue weighted by Crippen LogP contribution is 2.24. The molecule has 1 amide bonds. The number of carbonyl (C=O) groups excluding carboxylic acids is 1. The van der Waals surface area contributed by atoms with E-state index in [-0.39, 0.29) is 18.0 Å². The van der Waals surface area contributed by atoms with Crippen molar-refractivity contribution in [2.45, 2.75) is 45.2 Å². The maximum absolute atomic E-state index is 13.2. The molecule has 6 nitrogen and oxygen atoms in total. The summed E-state index contributed by atoms with van der Waals surface area (Å²) in [5.74, 6) is -0.0725. The van der Waals surface area contributed by atoms with Crippen LogP contribution in [0.5, 0.6) is 0 Å². The van der Waals surface area contributed by atoms with Crippen LogP contribution < -0.4 is 5.73 Å². The summed E-state index contributed by atoms with van der Waals surface area (Å²) in [6.45, 7) is 4.58. The van der Waals surface area contributed by atoms with Crippen molar-refractivity contribution in [1.29, 1.82) is 0 Å². The Balaban J connectivity index is 1.59. The van der Waals surface area contributed by atoms with E-state index >= 15 is 0 Å². The molecule has 2 aromatic carbocycles. The Morgan fingerprint density at radius 1 is 1.07 bits per heavy atom. The molecule has 1 aliphatic rings. The number of carbonyl (C=O) groups is 1. The second-order valence-electron chi connectivity index (χ2n) is 7.77. The SMILES string of the molecule is Cc1c(C(=O)N2CCCCC2C(C)N)nnn1-c1ccc(-c2ccccc2)cc1. The van der Waals surface area contributed by atoms with Crippen molar-refractivity contribution >= 4 is 5.91 Å². The van der Waals surface area contributed by atoms with E-state index in [0.29, 0.717) is 5.69 Å². The fourth-order valence-corrected chi connectivity index (χ4v) is 4.09. The Morgan fingerprint density at radius 3 is 2.45 bits per heavy atom. The Kier molecular flexibility index (Phi) is 5.45. The van der Waals surface area contributed by atoms with Crippen molar-refractivity contribution in [3.05, 3.63) is 66.0 Å². The van der Waals surface area contributed by atoms with Gasteiger partial charge in [-0.05, 0) is 56.4 Å². The van der Waals surface area contributed by atoms with Gasteiger partial charge in [-0.3, -0.25) is 4.79 Å². The van der Waals surface area contributed by atoms with Crippen LogP contribution in [0.3, 0.4) is 0 Å². The van der Waals surface area contributed by atoms with Gasteiger partial charge in [0, 0.05) is 18.6 Å². The summed E-state index contributed by atoms with van der Waals surface area (Å²) in [4.78, 5) is 15.1. The minimum atomic E-state index is -0.0725. The zero-order chi connectivity index (χ0) is 20.4. The van der Waals surface area contributed by atoms with Crippen molar-refractivity contribution in [2.24, 2.45) is 5.73 Å². The Bertz CT molecular complexity index is 978. The number of hydrogen-bond donors (Lipinski definition) is 1. The molecule has 3 aromatic rings. The lowest BCUT2D eigenvalue weighted by atomic mass is 9.96. The number of rotatable bonds is 4. The van der Waals surface area contributed by atoms with E-state index in [1.54, 1.807) is 4.68 Å². The van der Waals surface area contributed by atoms with Gasteiger partial charge in [-0.15, -0.1) is 5.10 Å². The molecule has 0 aliphatic carbocycles. The number of hydrogen-bond acceptors (Lipinski definition) is 4. The van der Waals surface area contributed by atoms with Crippen molar-refractivity contribution < 1.29 is 4.79 Å². The molecule has 2 heterocycles. The average Bonchev–Trinajstić information content (AvgIpc) is 3.15. The number of nitrogens with zero attached hydrogens (tertiary/aromatic N) is 4. The minimum Gasteiger partial charge on any atom is -0.333 e. The molecule has 0 spiro atoms. The topological polar surface area (TPSA) is 77.0 Å². The zero-order valence-corrected chi connectivity index (χ0v) is 17.0. The number of nitrogens with two attached hydrogens (primary N) is 1. The highest BCUT2D eigenvalue weighted by Gasteiger charge is 2.32. The van der Waals surface area contributed by atoms with Crippen LogP contribution in [0.2, 0.25) is 0 Å². The zero-order valence-electron chi connectivity index (χ0n) is 17.0. The van der Waals surface area contributed by atoms with Gasteiger partial charge >= 0.3 is 0 Å². The van der Waals surface area contributed by atoms with Gasteiger partial charge in [0.05, 0.1) is 11.4 Å². The van der Waals surface area contributed by atoms with E-state index in [2.05, 4.69) is 34.6 Å². The maximum atomic E-state index is 13.2. The van der Waals surface area contributed by atoms with Crippen molar-refractivity contribution in [3.8, 4) is 16.8 Å². The third kappa shape index (κ3) is 3.80. The summed E-state index contributed by atoms with van der Waals surface area (Å²) in [5.41, 5.74) is 10.5. The van der Waals surface area contributed by atoms with E-state index in [1.165, 1.54) is 0 Å². The predicted molar refractivity (Wildman–Crippen MR) is 114 cm³/mol. The van der Waals surface area contributed by atoms with Gasteiger partial charge in [-0.25, -0.2) is 4.68 Å². The summed E-state index contributed by atoms with van der Waals surface area (Å²) >= 11 is 0. The van der Waals surface area contributed by atoms with Crippen LogP contribution in [0.15, 0.2) is 54.6 Å². The van der Waals surface area contributed by atoms with Crippen LogP contribution in [0, 0.1) is 6.92 Å². The molecule has 1 aliphatic heterocycles. The lowest BCUT2D eigenvalue weighted by Crippen LogP contribution is -2.51. The van der Waals surface area contributed by atoms with Crippen molar-refractivity contribution in [2.75, 3.05) is 6.54 Å². The van der Waals surface area contributed by atoms with Gasteiger partial charge in [-0.1, -0.05) is 47.7 Å². The number of piperidine rings is 1. The van der Waals surface area contributed by atoms with Gasteiger partial charge in [0.1, 0.15) is 0 Å². The minimum absolute atomic E-state index is 0.0554. The van der Waals surface area contributed by atoms with Crippen LogP contribution in [0.4, 0.5) is 0 Å². The lowest BCUT2D eigenvalue weighted by Gasteiger charge is -2.37. The molecule has 2 atom stereocenters. The summed E-state index contributed by atoms with van der Waals surface area (Å²) in [6.07, 6.45) is 3.05. The first-order valence-electron chi connectivity index (χ1n) is 10.2. The molecule has 0 saturated carbocycles. The Morgan fingerprint density at radius 2 is 1.76 bits per heavy atom. The highest BCUT2D eigenvalue weighted by atomic mass is 16.2. The molecule has 150 valence electrons. The summed E-state index contributed by atoms with van der Waals surface area (Å²) in [5, 5.41) is 8.48. The molecule has 0 radical (unpaired) electrons. The number of likely N-dealkylation sites (tertiary alicyclic amines) is 1. The normalized spacial score (nSPS) is 17.9. The standard InChI is InChI=1S/C23H27N5O/c1-16(24)21-10-6-7-15-27(21)23(29)22-17(2)28(26-25-22)20-13-11-19(12-14-20)18-8-4-3-5-9-18/h3-5,8-9,11-14,16,21H,6-7,10,15,24H2,1-2H3. The van der Waals surface area contributed by atoms with Gasteiger partial charge in [0.15, 0.2) is 5.69 Å². The number of amides is 1. The molecule has 6 heteroatoms. The highest BCUT2D eigenvalue weighted by molar-refractivity contribution is 5.93. The van der Waals surface area contributed by atoms with E-state index < -0.39 is 0 Å². The van der Waals surface area contributed by atoms with Crippen LogP contribution in [-0.2, 0) is 0 Å². The van der Waals surface area contributed by atoms with E-state index in [9.17, 15) is 4.79 Å². The molecule has 4 rings (SSSR count). The van der Waals surface area contributed by atoms with Crippen LogP contribution in [-0.4, -0.2) is 44.4 Å². The number of aromatic nitrogens is 3. The molecule has 29 heavy (non-hydrogen) atoms. The van der Waals surface area contributed by atoms with Gasteiger partial charge in [-0.2, -0.15) is 0 Å². The smallest absolute Gasteiger partial charge is 0.276 e. The Labute approximate surface area is 171 Å². The maximum Gasteiger partial charge on any atom is 0.276 e. The Hall–Kier alpha value is -2.99. The number of benzene rings is 2. The molecule has 1 aromatic heterocycles. The van der Waals surface area contributed by atoms with E-state index in [0.717, 1.165) is 48.3 Å². The van der Waals surface area contributed by atoms with Crippen LogP contribution in [0.1, 0.15) is 42.4 Å². The van der Waals surface area contributed by atoms with E-state index in [1.807, 2.05) is 49.1 Å². The van der Waals surface area contributed by atoms with Crippen molar-refractivity contribution in [3.63, 3.8) is 0 Å². The third-order valence-electron chi connectivity index (χ3n) is 5.73. The third-order valence-corrected chi connectivity index (χ3v) is 5.73. The van der Waals surface area contributed by atoms with E-state index in [4.69, 9.17) is 5.73 Å². The molecular weight excluding hydrogens is 362 g/mol. The molecule has 2 unspecified atom stereocenters. The predicted octanol–water partition coefficient (Wildman–Crippen LogP) is 3.58. The van der Waals surface area contributed by atoms with Gasteiger partial charge in [0.25, 0.3) is 5.91 Å². The fourth-order valence-electron chi connectivity index (χ4n) is 4.09. The quantitative estimate of drug-likeness (QED) is 0.740. The van der Waals surface area contributed by atoms with Gasteiger partial charge < -0.3 is 10.6 Å². The van der Waals surface area contributed by atoms with Crippen molar-refractivity contribution in [1.82, 2.24) is 19.9 Å². The molecule has 1 fully saturated rings. The fraction of sp³-hybridized carbons (Fsp3) is 0.348. The molecular formula is C23H27N5O. The largest absolute Gasteiger partial charge is 0.333 e. The summed E-state index contributed by atoms with van der Waals surface area (Å²) in [7, 11) is 0. The monoisotopic (exact) mass is 389 g/mol. The first-order chi connectivity index (χ1) is 14.1.